The second-order valence-corrected chi connectivity index (χ2v) is 8.87. The Balaban J connectivity index is 1.61. The Morgan fingerprint density at radius 3 is 2.69 bits per heavy atom. The summed E-state index contributed by atoms with van der Waals surface area (Å²) in [5.41, 5.74) is 0.951. The summed E-state index contributed by atoms with van der Waals surface area (Å²) >= 11 is 0. The van der Waals surface area contributed by atoms with Gasteiger partial charge in [0, 0.05) is 38.4 Å². The van der Waals surface area contributed by atoms with Gasteiger partial charge in [0.25, 0.3) is 0 Å². The maximum atomic E-state index is 5.74. The number of benzene rings is 1. The molecule has 2 N–H and O–H groups in total. The number of hydrogen-bond donors (Lipinski definition) is 2. The third-order valence-corrected chi connectivity index (χ3v) is 5.01. The van der Waals surface area contributed by atoms with E-state index >= 15 is 0 Å². The maximum absolute atomic E-state index is 5.74. The first-order valence-corrected chi connectivity index (χ1v) is 11.8. The van der Waals surface area contributed by atoms with Crippen LogP contribution < -0.4 is 15.4 Å². The molecule has 3 rings (SSSR count). The largest absolute Gasteiger partial charge is 0.491 e. The number of aryl methyl sites for hydroxylation is 1. The summed E-state index contributed by atoms with van der Waals surface area (Å²) in [6.07, 6.45) is 4.42. The molecule has 0 fully saturated rings. The molecular formula is C24H38N6O2. The quantitative estimate of drug-likeness (QED) is 0.311. The molecular weight excluding hydrogens is 404 g/mol. The molecule has 1 aliphatic heterocycles. The van der Waals surface area contributed by atoms with Crippen LogP contribution in [-0.2, 0) is 24.2 Å². The Morgan fingerprint density at radius 2 is 1.94 bits per heavy atom. The van der Waals surface area contributed by atoms with Gasteiger partial charge >= 0.3 is 0 Å². The van der Waals surface area contributed by atoms with Crippen LogP contribution in [0.2, 0.25) is 0 Å². The van der Waals surface area contributed by atoms with E-state index in [1.165, 1.54) is 12.8 Å². The van der Waals surface area contributed by atoms with E-state index < -0.39 is 0 Å². The topological polar surface area (TPSA) is 85.6 Å². The number of rotatable bonds is 11. The van der Waals surface area contributed by atoms with Gasteiger partial charge in [0.1, 0.15) is 18.1 Å². The summed E-state index contributed by atoms with van der Waals surface area (Å²) in [7, 11) is 0. The van der Waals surface area contributed by atoms with Crippen molar-refractivity contribution in [2.75, 3.05) is 25.1 Å². The smallest absolute Gasteiger partial charge is 0.196 e. The van der Waals surface area contributed by atoms with Crippen LogP contribution in [0, 0.1) is 5.92 Å². The number of nitrogens with zero attached hydrogens (tertiary/aromatic N) is 4. The maximum Gasteiger partial charge on any atom is 0.196 e. The molecule has 32 heavy (non-hydrogen) atoms. The standard InChI is InChI=1S/C24H38N6O2/c1-18(2)17-31-15-7-13-25-24(27-20-9-11-21(12-10-20)32-19(3)4)26-16-23-29-28-22-8-5-6-14-30(22)23/h9-12,18-19H,5-8,13-17H2,1-4H3,(H2,25,26,27). The number of hydrogen-bond acceptors (Lipinski definition) is 5. The van der Waals surface area contributed by atoms with Gasteiger partial charge in [-0.15, -0.1) is 10.2 Å². The summed E-state index contributed by atoms with van der Waals surface area (Å²) in [5.74, 6) is 4.13. The number of nitrogens with one attached hydrogen (secondary N) is 2. The van der Waals surface area contributed by atoms with Crippen molar-refractivity contribution in [3.8, 4) is 5.75 Å². The van der Waals surface area contributed by atoms with Gasteiger partial charge < -0.3 is 24.7 Å². The number of ether oxygens (including phenoxy) is 2. The molecule has 1 aliphatic rings. The van der Waals surface area contributed by atoms with Gasteiger partial charge in [0.15, 0.2) is 11.8 Å². The molecule has 8 nitrogen and oxygen atoms in total. The summed E-state index contributed by atoms with van der Waals surface area (Å²) < 4.78 is 13.6. The van der Waals surface area contributed by atoms with Gasteiger partial charge in [0.05, 0.1) is 6.10 Å². The fraction of sp³-hybridized carbons (Fsp3) is 0.625. The van der Waals surface area contributed by atoms with Gasteiger partial charge in [-0.1, -0.05) is 13.8 Å². The van der Waals surface area contributed by atoms with Gasteiger partial charge in [-0.25, -0.2) is 4.99 Å². The fourth-order valence-electron chi connectivity index (χ4n) is 3.50. The molecule has 1 aromatic heterocycles. The Morgan fingerprint density at radius 1 is 1.12 bits per heavy atom. The predicted molar refractivity (Wildman–Crippen MR) is 128 cm³/mol. The lowest BCUT2D eigenvalue weighted by molar-refractivity contribution is 0.108. The zero-order valence-corrected chi connectivity index (χ0v) is 19.9. The highest BCUT2D eigenvalue weighted by Crippen LogP contribution is 2.17. The summed E-state index contributed by atoms with van der Waals surface area (Å²) in [6.45, 7) is 12.1. The van der Waals surface area contributed by atoms with Gasteiger partial charge in [-0.05, 0) is 63.3 Å². The molecule has 0 bridgehead atoms. The zero-order chi connectivity index (χ0) is 22.8. The molecule has 0 amide bonds. The lowest BCUT2D eigenvalue weighted by atomic mass is 10.2. The molecule has 0 saturated carbocycles. The average Bonchev–Trinajstić information content (AvgIpc) is 3.18. The van der Waals surface area contributed by atoms with Crippen molar-refractivity contribution in [3.63, 3.8) is 0 Å². The minimum atomic E-state index is 0.152. The number of aromatic nitrogens is 3. The van der Waals surface area contributed by atoms with Crippen molar-refractivity contribution >= 4 is 11.6 Å². The lowest BCUT2D eigenvalue weighted by Crippen LogP contribution is -2.32. The summed E-state index contributed by atoms with van der Waals surface area (Å²) in [5, 5.41) is 15.5. The SMILES string of the molecule is CC(C)COCCCNC(=NCc1nnc2n1CCCC2)Nc1ccc(OC(C)C)cc1. The Kier molecular flexibility index (Phi) is 9.34. The molecule has 0 spiro atoms. The third-order valence-electron chi connectivity index (χ3n) is 5.01. The molecule has 176 valence electrons. The zero-order valence-electron chi connectivity index (χ0n) is 19.9. The molecule has 1 aromatic carbocycles. The van der Waals surface area contributed by atoms with E-state index in [0.29, 0.717) is 12.5 Å². The van der Waals surface area contributed by atoms with Crippen LogP contribution in [0.1, 0.15) is 58.6 Å². The number of fused-ring (bicyclic) bond motifs is 1. The Labute approximate surface area is 191 Å². The molecule has 0 saturated heterocycles. The van der Waals surface area contributed by atoms with Crippen LogP contribution in [0.15, 0.2) is 29.3 Å². The summed E-state index contributed by atoms with van der Waals surface area (Å²) in [6, 6.07) is 7.93. The molecule has 8 heteroatoms. The van der Waals surface area contributed by atoms with Crippen LogP contribution in [0.5, 0.6) is 5.75 Å². The average molecular weight is 443 g/mol. The van der Waals surface area contributed by atoms with Gasteiger partial charge in [0.2, 0.25) is 0 Å². The second-order valence-electron chi connectivity index (χ2n) is 8.87. The molecule has 0 radical (unpaired) electrons. The second kappa shape index (κ2) is 12.4. The van der Waals surface area contributed by atoms with Crippen molar-refractivity contribution in [1.82, 2.24) is 20.1 Å². The predicted octanol–water partition coefficient (Wildman–Crippen LogP) is 4.02. The first kappa shape index (κ1) is 24.0. The van der Waals surface area contributed by atoms with E-state index in [1.54, 1.807) is 0 Å². The van der Waals surface area contributed by atoms with Crippen LogP contribution in [-0.4, -0.2) is 46.6 Å². The van der Waals surface area contributed by atoms with Gasteiger partial charge in [-0.3, -0.25) is 0 Å². The van der Waals surface area contributed by atoms with E-state index in [9.17, 15) is 0 Å². The Bertz CT molecular complexity index is 845. The van der Waals surface area contributed by atoms with E-state index in [0.717, 1.165) is 68.2 Å². The first-order valence-electron chi connectivity index (χ1n) is 11.8. The third kappa shape index (κ3) is 7.82. The molecule has 2 heterocycles. The van der Waals surface area contributed by atoms with Crippen molar-refractivity contribution in [1.29, 1.82) is 0 Å². The van der Waals surface area contributed by atoms with Crippen molar-refractivity contribution in [2.24, 2.45) is 10.9 Å². The van der Waals surface area contributed by atoms with Crippen molar-refractivity contribution < 1.29 is 9.47 Å². The van der Waals surface area contributed by atoms with Crippen molar-refractivity contribution in [2.45, 2.75) is 72.6 Å². The first-order chi connectivity index (χ1) is 15.5. The van der Waals surface area contributed by atoms with E-state index in [2.05, 4.69) is 39.2 Å². The minimum absolute atomic E-state index is 0.152. The highest BCUT2D eigenvalue weighted by molar-refractivity contribution is 5.93. The van der Waals surface area contributed by atoms with Crippen molar-refractivity contribution in [3.05, 3.63) is 35.9 Å². The van der Waals surface area contributed by atoms with Crippen LogP contribution >= 0.6 is 0 Å². The van der Waals surface area contributed by atoms with Gasteiger partial charge in [-0.2, -0.15) is 0 Å². The molecule has 0 aliphatic carbocycles. The highest BCUT2D eigenvalue weighted by atomic mass is 16.5. The number of guanidine groups is 1. The Hall–Kier alpha value is -2.61. The lowest BCUT2D eigenvalue weighted by Gasteiger charge is -2.16. The fourth-order valence-corrected chi connectivity index (χ4v) is 3.50. The normalized spacial score (nSPS) is 14.0. The molecule has 2 aromatic rings. The highest BCUT2D eigenvalue weighted by Gasteiger charge is 2.15. The minimum Gasteiger partial charge on any atom is -0.491 e. The summed E-state index contributed by atoms with van der Waals surface area (Å²) in [4.78, 5) is 4.79. The van der Waals surface area contributed by atoms with E-state index in [-0.39, 0.29) is 6.10 Å². The number of aliphatic imine (C=N–C) groups is 1. The molecule has 0 unspecified atom stereocenters. The monoisotopic (exact) mass is 442 g/mol. The van der Waals surface area contributed by atoms with E-state index in [4.69, 9.17) is 14.5 Å². The van der Waals surface area contributed by atoms with E-state index in [1.807, 2.05) is 38.1 Å². The van der Waals surface area contributed by atoms with Crippen LogP contribution in [0.25, 0.3) is 0 Å². The molecule has 0 atom stereocenters. The number of anilines is 1. The van der Waals surface area contributed by atoms with Crippen LogP contribution in [0.4, 0.5) is 5.69 Å². The van der Waals surface area contributed by atoms with Crippen LogP contribution in [0.3, 0.4) is 0 Å².